The van der Waals surface area contributed by atoms with Gasteiger partial charge in [0.1, 0.15) is 5.82 Å². The number of carbonyl (C=O) groups is 1. The molecule has 1 aliphatic heterocycles. The van der Waals surface area contributed by atoms with Crippen LogP contribution in [-0.4, -0.2) is 37.0 Å². The number of nitrogens with zero attached hydrogens (tertiary/aromatic N) is 1. The van der Waals surface area contributed by atoms with Gasteiger partial charge in [0.15, 0.2) is 0 Å². The number of hydrogen-bond donors (Lipinski definition) is 1. The minimum atomic E-state index is -0.354. The smallest absolute Gasteiger partial charge is 0.253 e. The third kappa shape index (κ3) is 3.76. The molecule has 5 heteroatoms. The van der Waals surface area contributed by atoms with Gasteiger partial charge < -0.3 is 10.2 Å². The van der Waals surface area contributed by atoms with E-state index >= 15 is 0 Å². The molecule has 0 aromatic heterocycles. The Morgan fingerprint density at radius 2 is 2.32 bits per heavy atom. The Kier molecular flexibility index (Phi) is 4.93. The third-order valence-corrected chi connectivity index (χ3v) is 4.03. The molecule has 1 atom stereocenters. The Morgan fingerprint density at radius 3 is 2.95 bits per heavy atom. The van der Waals surface area contributed by atoms with Crippen LogP contribution in [0.15, 0.2) is 22.7 Å². The van der Waals surface area contributed by atoms with Gasteiger partial charge in [-0.05, 0) is 53.5 Å². The summed E-state index contributed by atoms with van der Waals surface area (Å²) in [4.78, 5) is 13.9. The van der Waals surface area contributed by atoms with Crippen molar-refractivity contribution in [3.05, 3.63) is 34.1 Å². The molecule has 1 aromatic rings. The topological polar surface area (TPSA) is 32.3 Å². The minimum absolute atomic E-state index is 0.0759. The summed E-state index contributed by atoms with van der Waals surface area (Å²) in [7, 11) is 1.79. The summed E-state index contributed by atoms with van der Waals surface area (Å²) in [5, 5.41) is 3.41. The van der Waals surface area contributed by atoms with Crippen molar-refractivity contribution in [3.8, 4) is 0 Å². The maximum absolute atomic E-state index is 13.2. The standard InChI is InChI=1S/C14H18BrFN2O/c1-18(9-11-4-2-3-7-17-11)14(19)10-5-6-13(16)12(15)8-10/h5-6,8,11,17H,2-4,7,9H2,1H3. The van der Waals surface area contributed by atoms with Crippen LogP contribution in [0, 0.1) is 5.82 Å². The van der Waals surface area contributed by atoms with E-state index in [4.69, 9.17) is 0 Å². The van der Waals surface area contributed by atoms with E-state index < -0.39 is 0 Å². The van der Waals surface area contributed by atoms with Crippen molar-refractivity contribution in [1.82, 2.24) is 10.2 Å². The molecule has 1 aromatic carbocycles. The zero-order chi connectivity index (χ0) is 13.8. The summed E-state index contributed by atoms with van der Waals surface area (Å²) in [5.41, 5.74) is 0.506. The van der Waals surface area contributed by atoms with Crippen molar-refractivity contribution in [2.24, 2.45) is 0 Å². The van der Waals surface area contributed by atoms with Gasteiger partial charge in [-0.2, -0.15) is 0 Å². The fourth-order valence-electron chi connectivity index (χ4n) is 2.34. The van der Waals surface area contributed by atoms with E-state index in [0.29, 0.717) is 22.6 Å². The van der Waals surface area contributed by atoms with E-state index in [0.717, 1.165) is 13.0 Å². The zero-order valence-electron chi connectivity index (χ0n) is 11.0. The molecule has 3 nitrogen and oxygen atoms in total. The fraction of sp³-hybridized carbons (Fsp3) is 0.500. The fourth-order valence-corrected chi connectivity index (χ4v) is 2.72. The monoisotopic (exact) mass is 328 g/mol. The van der Waals surface area contributed by atoms with Crippen LogP contribution in [0.3, 0.4) is 0 Å². The molecule has 0 spiro atoms. The first-order valence-corrected chi connectivity index (χ1v) is 7.31. The van der Waals surface area contributed by atoms with Crippen molar-refractivity contribution in [2.75, 3.05) is 20.1 Å². The maximum Gasteiger partial charge on any atom is 0.253 e. The second-order valence-corrected chi connectivity index (χ2v) is 5.82. The molecular formula is C14H18BrFN2O. The average molecular weight is 329 g/mol. The lowest BCUT2D eigenvalue weighted by Gasteiger charge is -2.28. The highest BCUT2D eigenvalue weighted by Crippen LogP contribution is 2.18. The highest BCUT2D eigenvalue weighted by Gasteiger charge is 2.19. The molecule has 0 radical (unpaired) electrons. The highest BCUT2D eigenvalue weighted by atomic mass is 79.9. The average Bonchev–Trinajstić information content (AvgIpc) is 2.42. The Balaban J connectivity index is 1.99. The number of benzene rings is 1. The van der Waals surface area contributed by atoms with Crippen LogP contribution in [0.1, 0.15) is 29.6 Å². The molecule has 1 heterocycles. The Bertz CT molecular complexity index is 461. The number of amides is 1. The number of likely N-dealkylation sites (N-methyl/N-ethyl adjacent to an activating group) is 1. The largest absolute Gasteiger partial charge is 0.340 e. The van der Waals surface area contributed by atoms with Gasteiger partial charge in [-0.3, -0.25) is 4.79 Å². The number of carbonyl (C=O) groups excluding carboxylic acids is 1. The van der Waals surface area contributed by atoms with Gasteiger partial charge in [-0.25, -0.2) is 4.39 Å². The summed E-state index contributed by atoms with van der Waals surface area (Å²) < 4.78 is 13.5. The number of hydrogen-bond acceptors (Lipinski definition) is 2. The molecule has 1 fully saturated rings. The quantitative estimate of drug-likeness (QED) is 0.925. The van der Waals surface area contributed by atoms with E-state index in [2.05, 4.69) is 21.2 Å². The summed E-state index contributed by atoms with van der Waals surface area (Å²) in [6.45, 7) is 1.71. The Labute approximate surface area is 121 Å². The molecule has 1 amide bonds. The van der Waals surface area contributed by atoms with Gasteiger partial charge in [0, 0.05) is 25.2 Å². The lowest BCUT2D eigenvalue weighted by molar-refractivity contribution is 0.0775. The van der Waals surface area contributed by atoms with E-state index in [1.165, 1.54) is 31.0 Å². The number of halogens is 2. The highest BCUT2D eigenvalue weighted by molar-refractivity contribution is 9.10. The second-order valence-electron chi connectivity index (χ2n) is 4.96. The first-order valence-electron chi connectivity index (χ1n) is 6.52. The molecule has 0 saturated carbocycles. The first kappa shape index (κ1) is 14.5. The van der Waals surface area contributed by atoms with Crippen LogP contribution in [0.5, 0.6) is 0 Å². The van der Waals surface area contributed by atoms with Gasteiger partial charge in [0.25, 0.3) is 5.91 Å². The first-order chi connectivity index (χ1) is 9.08. The van der Waals surface area contributed by atoms with Crippen LogP contribution >= 0.6 is 15.9 Å². The Hall–Kier alpha value is -0.940. The SMILES string of the molecule is CN(CC1CCCCN1)C(=O)c1ccc(F)c(Br)c1. The molecule has 0 aliphatic carbocycles. The van der Waals surface area contributed by atoms with Crippen molar-refractivity contribution >= 4 is 21.8 Å². The molecule has 104 valence electrons. The maximum atomic E-state index is 13.2. The molecule has 0 bridgehead atoms. The second kappa shape index (κ2) is 6.48. The predicted molar refractivity (Wildman–Crippen MR) is 76.7 cm³/mol. The van der Waals surface area contributed by atoms with Crippen LogP contribution < -0.4 is 5.32 Å². The van der Waals surface area contributed by atoms with Gasteiger partial charge in [0.2, 0.25) is 0 Å². The number of rotatable bonds is 3. The molecule has 1 unspecified atom stereocenters. The number of nitrogens with one attached hydrogen (secondary N) is 1. The van der Waals surface area contributed by atoms with Gasteiger partial charge in [0.05, 0.1) is 4.47 Å². The van der Waals surface area contributed by atoms with Crippen molar-refractivity contribution in [2.45, 2.75) is 25.3 Å². The third-order valence-electron chi connectivity index (χ3n) is 3.42. The lowest BCUT2D eigenvalue weighted by atomic mass is 10.0. The minimum Gasteiger partial charge on any atom is -0.340 e. The lowest BCUT2D eigenvalue weighted by Crippen LogP contribution is -2.44. The molecular weight excluding hydrogens is 311 g/mol. The van der Waals surface area contributed by atoms with Gasteiger partial charge in [-0.1, -0.05) is 6.42 Å². The van der Waals surface area contributed by atoms with E-state index in [1.807, 2.05) is 0 Å². The predicted octanol–water partition coefficient (Wildman–Crippen LogP) is 2.80. The van der Waals surface area contributed by atoms with Crippen LogP contribution in [0.2, 0.25) is 0 Å². The van der Waals surface area contributed by atoms with E-state index in [-0.39, 0.29) is 11.7 Å². The van der Waals surface area contributed by atoms with E-state index in [9.17, 15) is 9.18 Å². The van der Waals surface area contributed by atoms with Crippen molar-refractivity contribution in [3.63, 3.8) is 0 Å². The molecule has 1 N–H and O–H groups in total. The molecule has 1 aliphatic rings. The summed E-state index contributed by atoms with van der Waals surface area (Å²) in [5.74, 6) is -0.429. The summed E-state index contributed by atoms with van der Waals surface area (Å²) in [6, 6.07) is 4.73. The molecule has 2 rings (SSSR count). The molecule has 1 saturated heterocycles. The van der Waals surface area contributed by atoms with Crippen molar-refractivity contribution < 1.29 is 9.18 Å². The summed E-state index contributed by atoms with van der Waals surface area (Å²) >= 11 is 3.10. The molecule has 19 heavy (non-hydrogen) atoms. The number of piperidine rings is 1. The van der Waals surface area contributed by atoms with Gasteiger partial charge >= 0.3 is 0 Å². The van der Waals surface area contributed by atoms with Crippen LogP contribution in [-0.2, 0) is 0 Å². The Morgan fingerprint density at radius 1 is 1.53 bits per heavy atom. The van der Waals surface area contributed by atoms with Crippen LogP contribution in [0.4, 0.5) is 4.39 Å². The van der Waals surface area contributed by atoms with Gasteiger partial charge in [-0.15, -0.1) is 0 Å². The normalized spacial score (nSPS) is 19.2. The summed E-state index contributed by atoms with van der Waals surface area (Å²) in [6.07, 6.45) is 3.52. The van der Waals surface area contributed by atoms with E-state index in [1.54, 1.807) is 11.9 Å². The zero-order valence-corrected chi connectivity index (χ0v) is 12.5. The van der Waals surface area contributed by atoms with Crippen LogP contribution in [0.25, 0.3) is 0 Å². The van der Waals surface area contributed by atoms with Crippen molar-refractivity contribution in [1.29, 1.82) is 0 Å².